The van der Waals surface area contributed by atoms with Crippen LogP contribution in [0.1, 0.15) is 23.6 Å². The average Bonchev–Trinajstić information content (AvgIpc) is 3.21. The van der Waals surface area contributed by atoms with Crippen LogP contribution in [0.3, 0.4) is 0 Å². The highest BCUT2D eigenvalue weighted by Gasteiger charge is 2.25. The fraction of sp³-hybridized carbons (Fsp3) is 0.389. The second-order valence-electron chi connectivity index (χ2n) is 6.32. The summed E-state index contributed by atoms with van der Waals surface area (Å²) in [4.78, 5) is 6.49. The van der Waals surface area contributed by atoms with Crippen molar-refractivity contribution < 1.29 is 9.26 Å². The molecule has 3 aromatic heterocycles. The monoisotopic (exact) mass is 339 g/mol. The largest absolute Gasteiger partial charge is 0.490 e. The van der Waals surface area contributed by atoms with Crippen molar-refractivity contribution in [2.75, 3.05) is 6.61 Å². The Labute approximate surface area is 146 Å². The summed E-state index contributed by atoms with van der Waals surface area (Å²) in [6.45, 7) is 4.94. The summed E-state index contributed by atoms with van der Waals surface area (Å²) in [7, 11) is 0. The van der Waals surface area contributed by atoms with Gasteiger partial charge in [0.05, 0.1) is 17.6 Å². The molecule has 1 atom stereocenters. The van der Waals surface area contributed by atoms with E-state index in [1.807, 2.05) is 31.3 Å². The van der Waals surface area contributed by atoms with E-state index in [1.165, 1.54) is 5.69 Å². The highest BCUT2D eigenvalue weighted by Crippen LogP contribution is 2.21. The van der Waals surface area contributed by atoms with E-state index in [9.17, 15) is 0 Å². The molecule has 0 aromatic carbocycles. The summed E-state index contributed by atoms with van der Waals surface area (Å²) >= 11 is 0. The van der Waals surface area contributed by atoms with Gasteiger partial charge in [0, 0.05) is 44.1 Å². The number of aromatic nitrogens is 4. The van der Waals surface area contributed by atoms with Crippen LogP contribution >= 0.6 is 0 Å². The van der Waals surface area contributed by atoms with E-state index in [4.69, 9.17) is 9.26 Å². The second kappa shape index (κ2) is 7.06. The molecular weight excluding hydrogens is 318 g/mol. The maximum atomic E-state index is 5.97. The number of nitrogens with zero attached hydrogens (tertiary/aromatic N) is 5. The molecule has 4 rings (SSSR count). The molecule has 0 saturated heterocycles. The van der Waals surface area contributed by atoms with Gasteiger partial charge in [-0.05, 0) is 31.5 Å². The van der Waals surface area contributed by atoms with Gasteiger partial charge in [0.25, 0.3) is 0 Å². The molecule has 1 aliphatic rings. The zero-order chi connectivity index (χ0) is 17.1. The molecule has 7 heteroatoms. The Balaban J connectivity index is 1.50. The predicted molar refractivity (Wildman–Crippen MR) is 90.9 cm³/mol. The summed E-state index contributed by atoms with van der Waals surface area (Å²) in [5.74, 6) is 1.62. The number of hydrogen-bond donors (Lipinski definition) is 0. The average molecular weight is 339 g/mol. The fourth-order valence-electron chi connectivity index (χ4n) is 3.19. The highest BCUT2D eigenvalue weighted by molar-refractivity contribution is 5.15. The van der Waals surface area contributed by atoms with E-state index in [2.05, 4.69) is 30.9 Å². The number of aryl methyl sites for hydroxylation is 2. The van der Waals surface area contributed by atoms with Crippen LogP contribution in [0.4, 0.5) is 0 Å². The van der Waals surface area contributed by atoms with Crippen molar-refractivity contribution in [1.29, 1.82) is 0 Å². The molecule has 0 spiro atoms. The first-order chi connectivity index (χ1) is 12.3. The standard InChI is InChI=1S/C18H21N5O2/c1-14-9-15(21-25-14)11-22-12-16-4-7-20-23(16)8-5-17(22)13-24-18-3-2-6-19-10-18/h2-4,6-7,9-10,17H,5,8,11-13H2,1H3/t17-/m1/s1. The lowest BCUT2D eigenvalue weighted by molar-refractivity contribution is 0.115. The first-order valence-corrected chi connectivity index (χ1v) is 8.48. The normalized spacial score (nSPS) is 17.9. The fourth-order valence-corrected chi connectivity index (χ4v) is 3.19. The zero-order valence-electron chi connectivity index (χ0n) is 14.2. The Hall–Kier alpha value is -2.67. The van der Waals surface area contributed by atoms with Crippen LogP contribution in [0, 0.1) is 6.92 Å². The molecule has 0 amide bonds. The van der Waals surface area contributed by atoms with E-state index in [0.29, 0.717) is 6.61 Å². The Kier molecular flexibility index (Phi) is 4.47. The summed E-state index contributed by atoms with van der Waals surface area (Å²) in [5.41, 5.74) is 2.15. The molecule has 25 heavy (non-hydrogen) atoms. The topological polar surface area (TPSA) is 69.2 Å². The maximum absolute atomic E-state index is 5.97. The third-order valence-electron chi connectivity index (χ3n) is 4.48. The number of rotatable bonds is 5. The SMILES string of the molecule is Cc1cc(CN2Cc3ccnn3CC[C@@H]2COc2cccnc2)no1. The van der Waals surface area contributed by atoms with Gasteiger partial charge in [0.2, 0.25) is 0 Å². The number of ether oxygens (including phenoxy) is 1. The molecule has 0 unspecified atom stereocenters. The Morgan fingerprint density at radius 1 is 1.32 bits per heavy atom. The van der Waals surface area contributed by atoms with Gasteiger partial charge >= 0.3 is 0 Å². The molecule has 0 aliphatic carbocycles. The Morgan fingerprint density at radius 3 is 3.08 bits per heavy atom. The van der Waals surface area contributed by atoms with Gasteiger partial charge in [0.15, 0.2) is 0 Å². The van der Waals surface area contributed by atoms with Crippen molar-refractivity contribution >= 4 is 0 Å². The smallest absolute Gasteiger partial charge is 0.137 e. The molecule has 4 heterocycles. The van der Waals surface area contributed by atoms with Gasteiger partial charge in [-0.2, -0.15) is 5.10 Å². The van der Waals surface area contributed by atoms with Crippen LogP contribution in [0.2, 0.25) is 0 Å². The third-order valence-corrected chi connectivity index (χ3v) is 4.48. The molecule has 0 fully saturated rings. The Morgan fingerprint density at radius 2 is 2.28 bits per heavy atom. The van der Waals surface area contributed by atoms with Crippen LogP contribution in [0.5, 0.6) is 5.75 Å². The molecule has 1 aliphatic heterocycles. The predicted octanol–water partition coefficient (Wildman–Crippen LogP) is 2.43. The van der Waals surface area contributed by atoms with Crippen molar-refractivity contribution in [3.63, 3.8) is 0 Å². The first-order valence-electron chi connectivity index (χ1n) is 8.48. The molecule has 0 radical (unpaired) electrons. The van der Waals surface area contributed by atoms with E-state index in [0.717, 1.165) is 43.3 Å². The van der Waals surface area contributed by atoms with Crippen LogP contribution < -0.4 is 4.74 Å². The summed E-state index contributed by atoms with van der Waals surface area (Å²) in [5, 5.41) is 8.57. The van der Waals surface area contributed by atoms with Crippen molar-refractivity contribution in [2.45, 2.75) is 39.0 Å². The van der Waals surface area contributed by atoms with Crippen LogP contribution in [0.25, 0.3) is 0 Å². The number of pyridine rings is 1. The van der Waals surface area contributed by atoms with E-state index in [1.54, 1.807) is 12.4 Å². The van der Waals surface area contributed by atoms with Crippen molar-refractivity contribution in [2.24, 2.45) is 0 Å². The lowest BCUT2D eigenvalue weighted by Crippen LogP contribution is -2.38. The van der Waals surface area contributed by atoms with Gasteiger partial charge in [-0.1, -0.05) is 5.16 Å². The molecular formula is C18H21N5O2. The minimum atomic E-state index is 0.263. The minimum absolute atomic E-state index is 0.263. The van der Waals surface area contributed by atoms with Gasteiger partial charge < -0.3 is 9.26 Å². The molecule has 0 bridgehead atoms. The van der Waals surface area contributed by atoms with Crippen LogP contribution in [-0.4, -0.2) is 37.5 Å². The first kappa shape index (κ1) is 15.8. The third kappa shape index (κ3) is 3.71. The van der Waals surface area contributed by atoms with E-state index >= 15 is 0 Å². The highest BCUT2D eigenvalue weighted by atomic mass is 16.5. The van der Waals surface area contributed by atoms with Crippen molar-refractivity contribution in [1.82, 2.24) is 24.8 Å². The molecule has 0 N–H and O–H groups in total. The summed E-state index contributed by atoms with van der Waals surface area (Å²) in [6, 6.07) is 8.14. The lowest BCUT2D eigenvalue weighted by Gasteiger charge is -2.28. The number of fused-ring (bicyclic) bond motifs is 1. The second-order valence-corrected chi connectivity index (χ2v) is 6.32. The van der Waals surface area contributed by atoms with Gasteiger partial charge in [-0.3, -0.25) is 14.6 Å². The van der Waals surface area contributed by atoms with Gasteiger partial charge in [-0.25, -0.2) is 0 Å². The van der Waals surface area contributed by atoms with Crippen molar-refractivity contribution in [3.8, 4) is 5.75 Å². The number of hydrogen-bond acceptors (Lipinski definition) is 6. The van der Waals surface area contributed by atoms with E-state index < -0.39 is 0 Å². The summed E-state index contributed by atoms with van der Waals surface area (Å²) < 4.78 is 13.3. The molecule has 130 valence electrons. The summed E-state index contributed by atoms with van der Waals surface area (Å²) in [6.07, 6.45) is 6.32. The van der Waals surface area contributed by atoms with E-state index in [-0.39, 0.29) is 6.04 Å². The van der Waals surface area contributed by atoms with Crippen molar-refractivity contribution in [3.05, 3.63) is 60.0 Å². The lowest BCUT2D eigenvalue weighted by atomic mass is 10.1. The minimum Gasteiger partial charge on any atom is -0.490 e. The molecule has 3 aromatic rings. The van der Waals surface area contributed by atoms with Gasteiger partial charge in [-0.15, -0.1) is 0 Å². The quantitative estimate of drug-likeness (QED) is 0.711. The maximum Gasteiger partial charge on any atom is 0.137 e. The van der Waals surface area contributed by atoms with Gasteiger partial charge in [0.1, 0.15) is 18.1 Å². The zero-order valence-corrected chi connectivity index (χ0v) is 14.2. The van der Waals surface area contributed by atoms with Crippen LogP contribution in [-0.2, 0) is 19.6 Å². The van der Waals surface area contributed by atoms with Crippen LogP contribution in [0.15, 0.2) is 47.4 Å². The molecule has 7 nitrogen and oxygen atoms in total. The molecule has 0 saturated carbocycles. The Bertz CT molecular complexity index is 814.